The van der Waals surface area contributed by atoms with Crippen LogP contribution in [-0.4, -0.2) is 5.24 Å². The van der Waals surface area contributed by atoms with Gasteiger partial charge in [0.05, 0.1) is 0 Å². The first-order valence-electron chi connectivity index (χ1n) is 3.39. The molecule has 0 unspecified atom stereocenters. The van der Waals surface area contributed by atoms with Crippen LogP contribution < -0.4 is 0 Å². The molecule has 0 aliphatic carbocycles. The lowest BCUT2D eigenvalue weighted by molar-refractivity contribution is -0.112. The maximum absolute atomic E-state index is 11.0. The summed E-state index contributed by atoms with van der Waals surface area (Å²) >= 11 is 28.3. The minimum absolute atomic E-state index is 0.103. The molecule has 1 aromatic carbocycles. The van der Waals surface area contributed by atoms with Crippen LogP contribution in [0.25, 0.3) is 0 Å². The summed E-state index contributed by atoms with van der Waals surface area (Å²) in [6.45, 7) is 0. The van der Waals surface area contributed by atoms with Crippen LogP contribution in [0.1, 0.15) is 5.56 Å². The molecular weight excluding hydrogens is 289 g/mol. The number of rotatable bonds is 2. The van der Waals surface area contributed by atoms with Crippen molar-refractivity contribution in [2.45, 2.75) is 4.33 Å². The summed E-state index contributed by atoms with van der Waals surface area (Å²) in [5.41, 5.74) is 0.103. The Labute approximate surface area is 106 Å². The molecule has 1 nitrogen and oxygen atoms in total. The third-order valence-corrected chi connectivity index (χ3v) is 3.35. The average Bonchev–Trinajstić information content (AvgIpc) is 2.02. The monoisotopic (exact) mass is 290 g/mol. The van der Waals surface area contributed by atoms with E-state index in [2.05, 4.69) is 0 Å². The van der Waals surface area contributed by atoms with Gasteiger partial charge in [-0.25, -0.2) is 0 Å². The molecule has 76 valence electrons. The molecule has 0 saturated carbocycles. The fourth-order valence-electron chi connectivity index (χ4n) is 0.896. The van der Waals surface area contributed by atoms with Crippen molar-refractivity contribution >= 4 is 63.2 Å². The molecule has 0 saturated heterocycles. The Balaban J connectivity index is 3.38. The van der Waals surface area contributed by atoms with Gasteiger partial charge in [-0.1, -0.05) is 52.5 Å². The van der Waals surface area contributed by atoms with Gasteiger partial charge >= 0.3 is 0 Å². The topological polar surface area (TPSA) is 17.1 Å². The van der Waals surface area contributed by atoms with E-state index in [1.807, 2.05) is 0 Å². The summed E-state index contributed by atoms with van der Waals surface area (Å²) in [6.07, 6.45) is 0. The van der Waals surface area contributed by atoms with E-state index in [1.54, 1.807) is 6.07 Å². The quantitative estimate of drug-likeness (QED) is 0.583. The van der Waals surface area contributed by atoms with E-state index in [0.29, 0.717) is 0 Å². The van der Waals surface area contributed by atoms with E-state index in [4.69, 9.17) is 58.0 Å². The minimum Gasteiger partial charge on any atom is -0.277 e. The van der Waals surface area contributed by atoms with Crippen LogP contribution in [0.5, 0.6) is 0 Å². The van der Waals surface area contributed by atoms with Gasteiger partial charge < -0.3 is 0 Å². The number of alkyl halides is 2. The van der Waals surface area contributed by atoms with Gasteiger partial charge in [0, 0.05) is 15.6 Å². The maximum Gasteiger partial charge on any atom is 0.262 e. The summed E-state index contributed by atoms with van der Waals surface area (Å²) in [4.78, 5) is 11.0. The van der Waals surface area contributed by atoms with Gasteiger partial charge in [0.1, 0.15) is 0 Å². The van der Waals surface area contributed by atoms with E-state index in [-0.39, 0.29) is 15.6 Å². The van der Waals surface area contributed by atoms with E-state index < -0.39 is 9.58 Å². The Morgan fingerprint density at radius 1 is 1.14 bits per heavy atom. The molecule has 0 fully saturated rings. The van der Waals surface area contributed by atoms with Gasteiger partial charge in [-0.15, -0.1) is 0 Å². The molecule has 0 aromatic heterocycles. The standard InChI is InChI=1S/C8H3Cl5O/c9-4-2-1-3-5(10)6(4)8(12,13)7(11)14/h1-3H. The molecule has 0 heterocycles. The van der Waals surface area contributed by atoms with E-state index in [0.717, 1.165) is 0 Å². The van der Waals surface area contributed by atoms with Crippen molar-refractivity contribution < 1.29 is 4.79 Å². The molecule has 0 aliphatic rings. The van der Waals surface area contributed by atoms with Gasteiger partial charge in [-0.2, -0.15) is 0 Å². The van der Waals surface area contributed by atoms with Gasteiger partial charge in [0.25, 0.3) is 5.24 Å². The Morgan fingerprint density at radius 2 is 1.57 bits per heavy atom. The smallest absolute Gasteiger partial charge is 0.262 e. The average molecular weight is 292 g/mol. The minimum atomic E-state index is -1.92. The van der Waals surface area contributed by atoms with E-state index in [1.165, 1.54) is 12.1 Å². The van der Waals surface area contributed by atoms with Crippen molar-refractivity contribution in [3.63, 3.8) is 0 Å². The Kier molecular flexibility index (Phi) is 3.95. The molecule has 1 rings (SSSR count). The highest BCUT2D eigenvalue weighted by molar-refractivity contribution is 6.78. The van der Waals surface area contributed by atoms with Gasteiger partial charge in [-0.05, 0) is 23.7 Å². The van der Waals surface area contributed by atoms with Crippen LogP contribution >= 0.6 is 58.0 Å². The zero-order valence-electron chi connectivity index (χ0n) is 6.53. The number of hydrogen-bond donors (Lipinski definition) is 0. The van der Waals surface area contributed by atoms with Crippen molar-refractivity contribution in [3.05, 3.63) is 33.8 Å². The molecule has 1 aromatic rings. The third-order valence-electron chi connectivity index (χ3n) is 1.52. The Bertz CT molecular complexity index is 354. The molecule has 0 spiro atoms. The van der Waals surface area contributed by atoms with E-state index >= 15 is 0 Å². The van der Waals surface area contributed by atoms with Crippen LogP contribution in [0.15, 0.2) is 18.2 Å². The summed E-state index contributed by atoms with van der Waals surface area (Å²) in [7, 11) is 0. The second kappa shape index (κ2) is 4.46. The first-order chi connectivity index (χ1) is 6.37. The molecule has 0 amide bonds. The molecule has 0 bridgehead atoms. The lowest BCUT2D eigenvalue weighted by atomic mass is 10.1. The van der Waals surface area contributed by atoms with E-state index in [9.17, 15) is 4.79 Å². The van der Waals surface area contributed by atoms with Crippen LogP contribution in [0.4, 0.5) is 0 Å². The van der Waals surface area contributed by atoms with Gasteiger partial charge in [0.2, 0.25) is 4.33 Å². The predicted octanol–water partition coefficient (Wildman–Crippen LogP) is 4.39. The van der Waals surface area contributed by atoms with Crippen LogP contribution in [0.2, 0.25) is 10.0 Å². The SMILES string of the molecule is O=C(Cl)C(Cl)(Cl)c1c(Cl)cccc1Cl. The van der Waals surface area contributed by atoms with Gasteiger partial charge in [-0.3, -0.25) is 4.79 Å². The molecule has 14 heavy (non-hydrogen) atoms. The number of carbonyl (C=O) groups excluding carboxylic acids is 1. The first-order valence-corrected chi connectivity index (χ1v) is 5.28. The summed E-state index contributed by atoms with van der Waals surface area (Å²) in [5.74, 6) is 0. The second-order valence-corrected chi connectivity index (χ2v) is 4.93. The molecule has 0 N–H and O–H groups in total. The van der Waals surface area contributed by atoms with Crippen LogP contribution in [-0.2, 0) is 9.13 Å². The van der Waals surface area contributed by atoms with Crippen LogP contribution in [0, 0.1) is 0 Å². The van der Waals surface area contributed by atoms with Crippen LogP contribution in [0.3, 0.4) is 0 Å². The maximum atomic E-state index is 11.0. The normalized spacial score (nSPS) is 11.5. The largest absolute Gasteiger partial charge is 0.277 e. The van der Waals surface area contributed by atoms with Crippen molar-refractivity contribution in [1.82, 2.24) is 0 Å². The molecule has 0 radical (unpaired) electrons. The Morgan fingerprint density at radius 3 is 1.93 bits per heavy atom. The highest BCUT2D eigenvalue weighted by Crippen LogP contribution is 2.43. The second-order valence-electron chi connectivity index (χ2n) is 2.44. The fraction of sp³-hybridized carbons (Fsp3) is 0.125. The summed E-state index contributed by atoms with van der Waals surface area (Å²) in [5, 5.41) is -0.566. The summed E-state index contributed by atoms with van der Waals surface area (Å²) < 4.78 is -1.92. The van der Waals surface area contributed by atoms with Crippen molar-refractivity contribution in [2.75, 3.05) is 0 Å². The lowest BCUT2D eigenvalue weighted by Crippen LogP contribution is -2.19. The first kappa shape index (κ1) is 12.4. The number of hydrogen-bond acceptors (Lipinski definition) is 1. The van der Waals surface area contributed by atoms with Crippen molar-refractivity contribution in [1.29, 1.82) is 0 Å². The summed E-state index contributed by atoms with van der Waals surface area (Å²) in [6, 6.07) is 4.64. The van der Waals surface area contributed by atoms with Crippen molar-refractivity contribution in [2.24, 2.45) is 0 Å². The molecule has 0 atom stereocenters. The number of benzene rings is 1. The molecule has 6 heteroatoms. The molecular formula is C8H3Cl5O. The number of halogens is 5. The lowest BCUT2D eigenvalue weighted by Gasteiger charge is -2.17. The highest BCUT2D eigenvalue weighted by atomic mass is 35.5. The molecule has 0 aliphatic heterocycles. The fourth-order valence-corrected chi connectivity index (χ4v) is 2.27. The zero-order valence-corrected chi connectivity index (χ0v) is 10.3. The van der Waals surface area contributed by atoms with Crippen molar-refractivity contribution in [3.8, 4) is 0 Å². The number of carbonyl (C=O) groups is 1. The Hall–Kier alpha value is 0.340. The zero-order chi connectivity index (χ0) is 10.9. The highest BCUT2D eigenvalue weighted by Gasteiger charge is 2.38. The predicted molar refractivity (Wildman–Crippen MR) is 60.7 cm³/mol. The van der Waals surface area contributed by atoms with Gasteiger partial charge in [0.15, 0.2) is 0 Å². The third kappa shape index (κ3) is 2.29.